The molecule has 94 valence electrons. The maximum atomic E-state index is 6.17. The second kappa shape index (κ2) is 5.90. The highest BCUT2D eigenvalue weighted by Gasteiger charge is 2.13. The van der Waals surface area contributed by atoms with Gasteiger partial charge in [0.1, 0.15) is 0 Å². The second-order valence-electron chi connectivity index (χ2n) is 4.55. The highest BCUT2D eigenvalue weighted by atomic mass is 79.9. The van der Waals surface area contributed by atoms with Crippen LogP contribution >= 0.6 is 27.5 Å². The first kappa shape index (κ1) is 13.6. The largest absolute Gasteiger partial charge is 0.0840 e. The fraction of sp³-hybridized carbons (Fsp3) is 0.250. The van der Waals surface area contributed by atoms with Crippen LogP contribution in [0.5, 0.6) is 0 Å². The minimum absolute atomic E-state index is 0.303. The average Bonchev–Trinajstić information content (AvgIpc) is 2.35. The summed E-state index contributed by atoms with van der Waals surface area (Å²) in [7, 11) is 0. The number of halogens is 2. The van der Waals surface area contributed by atoms with Crippen LogP contribution in [-0.2, 0) is 6.42 Å². The van der Waals surface area contributed by atoms with Crippen molar-refractivity contribution in [2.24, 2.45) is 0 Å². The lowest BCUT2D eigenvalue weighted by atomic mass is 9.98. The molecule has 0 aliphatic heterocycles. The Kier molecular flexibility index (Phi) is 4.47. The van der Waals surface area contributed by atoms with Crippen LogP contribution < -0.4 is 0 Å². The van der Waals surface area contributed by atoms with Gasteiger partial charge in [-0.05, 0) is 48.6 Å². The highest BCUT2D eigenvalue weighted by molar-refractivity contribution is 9.09. The van der Waals surface area contributed by atoms with E-state index < -0.39 is 0 Å². The Morgan fingerprint density at radius 1 is 1.06 bits per heavy atom. The van der Waals surface area contributed by atoms with Crippen LogP contribution in [0.25, 0.3) is 0 Å². The molecular weight excluding hydrogens is 308 g/mol. The van der Waals surface area contributed by atoms with Crippen molar-refractivity contribution >= 4 is 27.5 Å². The van der Waals surface area contributed by atoms with E-state index >= 15 is 0 Å². The van der Waals surface area contributed by atoms with Gasteiger partial charge in [0.25, 0.3) is 0 Å². The van der Waals surface area contributed by atoms with Crippen molar-refractivity contribution in [3.63, 3.8) is 0 Å². The lowest BCUT2D eigenvalue weighted by molar-refractivity contribution is 0.929. The Morgan fingerprint density at radius 2 is 1.78 bits per heavy atom. The Hall–Kier alpha value is -0.790. The Morgan fingerprint density at radius 3 is 2.50 bits per heavy atom. The predicted molar refractivity (Wildman–Crippen MR) is 82.7 cm³/mol. The van der Waals surface area contributed by atoms with E-state index in [4.69, 9.17) is 11.6 Å². The van der Waals surface area contributed by atoms with Gasteiger partial charge in [0.05, 0.1) is 0 Å². The lowest BCUT2D eigenvalue weighted by Crippen LogP contribution is -1.99. The average molecular weight is 324 g/mol. The standard InChI is InChI=1S/C16H16BrCl/c1-11-6-3-4-7-13(11)10-15(17)14-8-5-9-16(18)12(14)2/h3-9,15H,10H2,1-2H3. The molecule has 1 unspecified atom stereocenters. The Balaban J connectivity index is 2.25. The SMILES string of the molecule is Cc1ccccc1CC(Br)c1cccc(Cl)c1C. The maximum Gasteiger partial charge on any atom is 0.0438 e. The number of rotatable bonds is 3. The first-order valence-electron chi connectivity index (χ1n) is 6.03. The van der Waals surface area contributed by atoms with Crippen LogP contribution in [0.3, 0.4) is 0 Å². The maximum absolute atomic E-state index is 6.17. The van der Waals surface area contributed by atoms with E-state index in [0.717, 1.165) is 17.0 Å². The van der Waals surface area contributed by atoms with Crippen molar-refractivity contribution in [3.8, 4) is 0 Å². The highest BCUT2D eigenvalue weighted by Crippen LogP contribution is 2.32. The van der Waals surface area contributed by atoms with Gasteiger partial charge in [-0.1, -0.05) is 63.9 Å². The van der Waals surface area contributed by atoms with Crippen LogP contribution in [0.4, 0.5) is 0 Å². The number of alkyl halides is 1. The summed E-state index contributed by atoms with van der Waals surface area (Å²) in [5.74, 6) is 0. The minimum Gasteiger partial charge on any atom is -0.0840 e. The topological polar surface area (TPSA) is 0 Å². The lowest BCUT2D eigenvalue weighted by Gasteiger charge is -2.15. The summed E-state index contributed by atoms with van der Waals surface area (Å²) >= 11 is 9.95. The summed E-state index contributed by atoms with van der Waals surface area (Å²) in [6.07, 6.45) is 0.980. The molecule has 2 heteroatoms. The molecule has 0 aliphatic rings. The van der Waals surface area contributed by atoms with Crippen molar-refractivity contribution in [2.75, 3.05) is 0 Å². The van der Waals surface area contributed by atoms with Gasteiger partial charge in [0, 0.05) is 9.85 Å². The van der Waals surface area contributed by atoms with Crippen molar-refractivity contribution < 1.29 is 0 Å². The molecule has 18 heavy (non-hydrogen) atoms. The number of hydrogen-bond acceptors (Lipinski definition) is 0. The van der Waals surface area contributed by atoms with Crippen LogP contribution in [0, 0.1) is 13.8 Å². The molecule has 1 atom stereocenters. The van der Waals surface area contributed by atoms with Crippen LogP contribution in [0.1, 0.15) is 27.1 Å². The van der Waals surface area contributed by atoms with Gasteiger partial charge >= 0.3 is 0 Å². The van der Waals surface area contributed by atoms with Gasteiger partial charge in [-0.25, -0.2) is 0 Å². The molecule has 2 rings (SSSR count). The van der Waals surface area contributed by atoms with E-state index in [1.54, 1.807) is 0 Å². The predicted octanol–water partition coefficient (Wildman–Crippen LogP) is 5.64. The van der Waals surface area contributed by atoms with Gasteiger partial charge < -0.3 is 0 Å². The molecule has 0 aromatic heterocycles. The molecule has 0 amide bonds. The molecule has 0 fully saturated rings. The Bertz CT molecular complexity index is 549. The molecule has 0 radical (unpaired) electrons. The summed E-state index contributed by atoms with van der Waals surface area (Å²) in [6, 6.07) is 14.6. The first-order chi connectivity index (χ1) is 8.59. The van der Waals surface area contributed by atoms with Crippen molar-refractivity contribution in [1.29, 1.82) is 0 Å². The summed E-state index contributed by atoms with van der Waals surface area (Å²) in [5, 5.41) is 0.835. The summed E-state index contributed by atoms with van der Waals surface area (Å²) in [5.41, 5.74) is 5.14. The van der Waals surface area contributed by atoms with Crippen molar-refractivity contribution in [1.82, 2.24) is 0 Å². The molecule has 0 heterocycles. The zero-order valence-corrected chi connectivity index (χ0v) is 12.9. The zero-order valence-electron chi connectivity index (χ0n) is 10.6. The van der Waals surface area contributed by atoms with E-state index in [1.807, 2.05) is 12.1 Å². The van der Waals surface area contributed by atoms with Crippen molar-refractivity contribution in [2.45, 2.75) is 25.1 Å². The molecule has 0 aliphatic carbocycles. The van der Waals surface area contributed by atoms with E-state index in [1.165, 1.54) is 16.7 Å². The normalized spacial score (nSPS) is 12.4. The minimum atomic E-state index is 0.303. The Labute approximate surface area is 122 Å². The smallest absolute Gasteiger partial charge is 0.0438 e. The van der Waals surface area contributed by atoms with Crippen molar-refractivity contribution in [3.05, 3.63) is 69.7 Å². The monoisotopic (exact) mass is 322 g/mol. The molecule has 0 N–H and O–H groups in total. The third-order valence-electron chi connectivity index (χ3n) is 3.31. The van der Waals surface area contributed by atoms with E-state index in [0.29, 0.717) is 4.83 Å². The van der Waals surface area contributed by atoms with E-state index in [2.05, 4.69) is 60.1 Å². The third kappa shape index (κ3) is 2.96. The summed E-state index contributed by atoms with van der Waals surface area (Å²) in [6.45, 7) is 4.23. The van der Waals surface area contributed by atoms with E-state index in [9.17, 15) is 0 Å². The molecule has 0 bridgehead atoms. The molecular formula is C16H16BrCl. The molecule has 2 aromatic carbocycles. The van der Waals surface area contributed by atoms with E-state index in [-0.39, 0.29) is 0 Å². The summed E-state index contributed by atoms with van der Waals surface area (Å²) < 4.78 is 0. The van der Waals surface area contributed by atoms with Gasteiger partial charge in [0.15, 0.2) is 0 Å². The van der Waals surface area contributed by atoms with Crippen LogP contribution in [-0.4, -0.2) is 0 Å². The van der Waals surface area contributed by atoms with Gasteiger partial charge in [0.2, 0.25) is 0 Å². The molecule has 0 saturated heterocycles. The zero-order chi connectivity index (χ0) is 13.1. The van der Waals surface area contributed by atoms with Crippen LogP contribution in [0.2, 0.25) is 5.02 Å². The van der Waals surface area contributed by atoms with Crippen LogP contribution in [0.15, 0.2) is 42.5 Å². The summed E-state index contributed by atoms with van der Waals surface area (Å²) in [4.78, 5) is 0.303. The second-order valence-corrected chi connectivity index (χ2v) is 6.06. The van der Waals surface area contributed by atoms with Gasteiger partial charge in [-0.15, -0.1) is 0 Å². The molecule has 0 saturated carbocycles. The molecule has 2 aromatic rings. The fourth-order valence-electron chi connectivity index (χ4n) is 2.11. The van der Waals surface area contributed by atoms with Gasteiger partial charge in [-0.3, -0.25) is 0 Å². The van der Waals surface area contributed by atoms with Gasteiger partial charge in [-0.2, -0.15) is 0 Å². The number of benzene rings is 2. The molecule has 0 nitrogen and oxygen atoms in total. The number of hydrogen-bond donors (Lipinski definition) is 0. The molecule has 0 spiro atoms. The quantitative estimate of drug-likeness (QED) is 0.642. The number of aryl methyl sites for hydroxylation is 1. The third-order valence-corrected chi connectivity index (χ3v) is 4.53. The fourth-order valence-corrected chi connectivity index (χ4v) is 3.13. The first-order valence-corrected chi connectivity index (χ1v) is 7.32.